The van der Waals surface area contributed by atoms with Gasteiger partial charge in [0.05, 0.1) is 16.9 Å². The molecule has 1 aliphatic rings. The highest BCUT2D eigenvalue weighted by molar-refractivity contribution is 6.04. The van der Waals surface area contributed by atoms with Crippen molar-refractivity contribution in [2.24, 2.45) is 0 Å². The third-order valence-corrected chi connectivity index (χ3v) is 3.44. The lowest BCUT2D eigenvalue weighted by Gasteiger charge is -2.17. The quantitative estimate of drug-likeness (QED) is 0.770. The minimum absolute atomic E-state index is 0.0487. The summed E-state index contributed by atoms with van der Waals surface area (Å²) in [6, 6.07) is 7.31. The average Bonchev–Trinajstić information content (AvgIpc) is 2.96. The number of likely N-dealkylation sites (tertiary alicyclic amines) is 1. The van der Waals surface area contributed by atoms with E-state index in [9.17, 15) is 4.79 Å². The van der Waals surface area contributed by atoms with E-state index in [4.69, 9.17) is 5.73 Å². The molecule has 2 heterocycles. The second-order valence-corrected chi connectivity index (χ2v) is 4.73. The Kier molecular flexibility index (Phi) is 2.95. The third kappa shape index (κ3) is 2.19. The molecule has 1 aromatic heterocycles. The van der Waals surface area contributed by atoms with Crippen molar-refractivity contribution in [1.82, 2.24) is 9.88 Å². The Balaban J connectivity index is 1.92. The van der Waals surface area contributed by atoms with Crippen LogP contribution < -0.4 is 11.1 Å². The number of carbonyl (C=O) groups is 1. The maximum absolute atomic E-state index is 12.1. The van der Waals surface area contributed by atoms with Gasteiger partial charge >= 0.3 is 6.03 Å². The lowest BCUT2D eigenvalue weighted by atomic mass is 10.1. The summed E-state index contributed by atoms with van der Waals surface area (Å²) in [6.45, 7) is 1.66. The maximum Gasteiger partial charge on any atom is 0.321 e. The lowest BCUT2D eigenvalue weighted by molar-refractivity contribution is 0.222. The predicted molar refractivity (Wildman–Crippen MR) is 76.0 cm³/mol. The molecule has 2 aromatic rings. The van der Waals surface area contributed by atoms with Gasteiger partial charge in [-0.3, -0.25) is 4.98 Å². The summed E-state index contributed by atoms with van der Waals surface area (Å²) in [6.07, 6.45) is 3.86. The van der Waals surface area contributed by atoms with Gasteiger partial charge in [-0.2, -0.15) is 0 Å². The molecule has 2 amide bonds. The fourth-order valence-corrected chi connectivity index (χ4v) is 2.42. The van der Waals surface area contributed by atoms with E-state index in [-0.39, 0.29) is 6.03 Å². The van der Waals surface area contributed by atoms with Crippen LogP contribution in [0, 0.1) is 0 Å². The minimum atomic E-state index is -0.0487. The molecule has 0 spiro atoms. The highest BCUT2D eigenvalue weighted by Crippen LogP contribution is 2.26. The Morgan fingerprint density at radius 2 is 2.05 bits per heavy atom. The number of nitrogens with two attached hydrogens (primary N) is 1. The first-order valence-electron chi connectivity index (χ1n) is 6.45. The third-order valence-electron chi connectivity index (χ3n) is 3.44. The standard InChI is InChI=1S/C14H16N4O/c15-11-5-6-12(10-4-3-7-16-13(10)11)17-14(19)18-8-1-2-9-18/h3-7H,1-2,8-9,15H2,(H,17,19). The molecule has 1 aliphatic heterocycles. The fourth-order valence-electron chi connectivity index (χ4n) is 2.42. The number of carbonyl (C=O) groups excluding carboxylic acids is 1. The molecule has 5 heteroatoms. The Morgan fingerprint density at radius 1 is 1.26 bits per heavy atom. The van der Waals surface area contributed by atoms with Crippen LogP contribution >= 0.6 is 0 Å². The summed E-state index contributed by atoms with van der Waals surface area (Å²) in [7, 11) is 0. The smallest absolute Gasteiger partial charge is 0.321 e. The number of urea groups is 1. The van der Waals surface area contributed by atoms with Gasteiger partial charge in [-0.05, 0) is 37.1 Å². The molecule has 1 fully saturated rings. The van der Waals surface area contributed by atoms with Gasteiger partial charge in [-0.25, -0.2) is 4.79 Å². The van der Waals surface area contributed by atoms with E-state index in [0.29, 0.717) is 5.69 Å². The van der Waals surface area contributed by atoms with Crippen molar-refractivity contribution in [1.29, 1.82) is 0 Å². The Hall–Kier alpha value is -2.30. The monoisotopic (exact) mass is 256 g/mol. The van der Waals surface area contributed by atoms with Crippen LogP contribution in [0.1, 0.15) is 12.8 Å². The first kappa shape index (κ1) is 11.8. The van der Waals surface area contributed by atoms with E-state index in [1.54, 1.807) is 12.3 Å². The number of benzene rings is 1. The minimum Gasteiger partial charge on any atom is -0.397 e. The summed E-state index contributed by atoms with van der Waals surface area (Å²) >= 11 is 0. The van der Waals surface area contributed by atoms with Gasteiger partial charge in [0.15, 0.2) is 0 Å². The van der Waals surface area contributed by atoms with Crippen LogP contribution in [0.2, 0.25) is 0 Å². The second kappa shape index (κ2) is 4.76. The van der Waals surface area contributed by atoms with Gasteiger partial charge < -0.3 is 16.0 Å². The molecule has 0 unspecified atom stereocenters. The Morgan fingerprint density at radius 3 is 2.84 bits per heavy atom. The number of nitrogens with zero attached hydrogens (tertiary/aromatic N) is 2. The summed E-state index contributed by atoms with van der Waals surface area (Å²) in [4.78, 5) is 18.2. The van der Waals surface area contributed by atoms with Gasteiger partial charge in [-0.15, -0.1) is 0 Å². The normalized spacial score (nSPS) is 14.8. The Bertz CT molecular complexity index is 620. The van der Waals surface area contributed by atoms with E-state index < -0.39 is 0 Å². The van der Waals surface area contributed by atoms with E-state index in [1.165, 1.54) is 0 Å². The summed E-state index contributed by atoms with van der Waals surface area (Å²) in [5, 5.41) is 3.82. The van der Waals surface area contributed by atoms with E-state index in [1.807, 2.05) is 23.1 Å². The van der Waals surface area contributed by atoms with Gasteiger partial charge in [0.25, 0.3) is 0 Å². The number of hydrogen-bond acceptors (Lipinski definition) is 3. The van der Waals surface area contributed by atoms with Gasteiger partial charge in [-0.1, -0.05) is 0 Å². The molecule has 5 nitrogen and oxygen atoms in total. The molecular weight excluding hydrogens is 240 g/mol. The summed E-state index contributed by atoms with van der Waals surface area (Å²) in [5.74, 6) is 0. The van der Waals surface area contributed by atoms with Crippen molar-refractivity contribution in [3.05, 3.63) is 30.5 Å². The topological polar surface area (TPSA) is 71.2 Å². The average molecular weight is 256 g/mol. The molecule has 3 rings (SSSR count). The number of hydrogen-bond donors (Lipinski definition) is 2. The SMILES string of the molecule is Nc1ccc(NC(=O)N2CCCC2)c2cccnc12. The van der Waals surface area contributed by atoms with E-state index in [2.05, 4.69) is 10.3 Å². The highest BCUT2D eigenvalue weighted by atomic mass is 16.2. The zero-order valence-corrected chi connectivity index (χ0v) is 10.6. The zero-order chi connectivity index (χ0) is 13.2. The van der Waals surface area contributed by atoms with E-state index >= 15 is 0 Å². The van der Waals surface area contributed by atoms with Crippen LogP contribution in [0.4, 0.5) is 16.2 Å². The van der Waals surface area contributed by atoms with Crippen LogP contribution in [0.3, 0.4) is 0 Å². The van der Waals surface area contributed by atoms with E-state index in [0.717, 1.165) is 42.5 Å². The fraction of sp³-hybridized carbons (Fsp3) is 0.286. The summed E-state index contributed by atoms with van der Waals surface area (Å²) < 4.78 is 0. The van der Waals surface area contributed by atoms with Crippen LogP contribution in [-0.4, -0.2) is 29.0 Å². The number of amides is 2. The zero-order valence-electron chi connectivity index (χ0n) is 10.6. The Labute approximate surface area is 111 Å². The first-order valence-corrected chi connectivity index (χ1v) is 6.45. The second-order valence-electron chi connectivity index (χ2n) is 4.73. The molecule has 1 aromatic carbocycles. The van der Waals surface area contributed by atoms with Crippen molar-refractivity contribution in [3.63, 3.8) is 0 Å². The molecular formula is C14H16N4O. The first-order chi connectivity index (χ1) is 9.25. The molecule has 0 bridgehead atoms. The molecule has 19 heavy (non-hydrogen) atoms. The number of pyridine rings is 1. The van der Waals surface area contributed by atoms with Gasteiger partial charge in [0.1, 0.15) is 0 Å². The molecule has 98 valence electrons. The van der Waals surface area contributed by atoms with Crippen molar-refractivity contribution in [2.45, 2.75) is 12.8 Å². The van der Waals surface area contributed by atoms with Crippen LogP contribution in [-0.2, 0) is 0 Å². The van der Waals surface area contributed by atoms with Crippen LogP contribution in [0.15, 0.2) is 30.5 Å². The van der Waals surface area contributed by atoms with Gasteiger partial charge in [0, 0.05) is 24.7 Å². The predicted octanol–water partition coefficient (Wildman–Crippen LogP) is 2.44. The number of rotatable bonds is 1. The van der Waals surface area contributed by atoms with Crippen LogP contribution in [0.5, 0.6) is 0 Å². The van der Waals surface area contributed by atoms with Gasteiger partial charge in [0.2, 0.25) is 0 Å². The molecule has 3 N–H and O–H groups in total. The number of anilines is 2. The molecule has 1 saturated heterocycles. The molecule has 0 aliphatic carbocycles. The number of aromatic nitrogens is 1. The highest BCUT2D eigenvalue weighted by Gasteiger charge is 2.18. The number of fused-ring (bicyclic) bond motifs is 1. The largest absolute Gasteiger partial charge is 0.397 e. The lowest BCUT2D eigenvalue weighted by Crippen LogP contribution is -2.32. The van der Waals surface area contributed by atoms with Crippen molar-refractivity contribution in [2.75, 3.05) is 24.1 Å². The number of nitrogens with one attached hydrogen (secondary N) is 1. The van der Waals surface area contributed by atoms with Crippen molar-refractivity contribution < 1.29 is 4.79 Å². The molecule has 0 atom stereocenters. The van der Waals surface area contributed by atoms with Crippen molar-refractivity contribution >= 4 is 28.3 Å². The van der Waals surface area contributed by atoms with Crippen molar-refractivity contribution in [3.8, 4) is 0 Å². The maximum atomic E-state index is 12.1. The summed E-state index contributed by atoms with van der Waals surface area (Å²) in [5.41, 5.74) is 7.99. The molecule has 0 radical (unpaired) electrons. The molecule has 0 saturated carbocycles. The van der Waals surface area contributed by atoms with Crippen LogP contribution in [0.25, 0.3) is 10.9 Å². The number of nitrogen functional groups attached to an aromatic ring is 1.